The first kappa shape index (κ1) is 18.4. The van der Waals surface area contributed by atoms with Crippen LogP contribution in [0.2, 0.25) is 0 Å². The third-order valence-corrected chi connectivity index (χ3v) is 4.57. The third kappa shape index (κ3) is 5.57. The summed E-state index contributed by atoms with van der Waals surface area (Å²) in [5, 5.41) is 4.65. The molecule has 0 aliphatic carbocycles. The SMILES string of the molecule is COCC(C)N(C)c1nc(C(C)C)c(CNC(C)(C)C)s1. The van der Waals surface area contributed by atoms with Crippen molar-refractivity contribution in [3.05, 3.63) is 10.6 Å². The number of hydrogen-bond acceptors (Lipinski definition) is 5. The molecule has 0 aliphatic heterocycles. The molecule has 1 atom stereocenters. The Balaban J connectivity index is 2.93. The van der Waals surface area contributed by atoms with E-state index >= 15 is 0 Å². The number of rotatable bonds is 7. The van der Waals surface area contributed by atoms with Gasteiger partial charge in [-0.25, -0.2) is 4.98 Å². The zero-order valence-corrected chi connectivity index (χ0v) is 15.6. The second kappa shape index (κ2) is 7.56. The van der Waals surface area contributed by atoms with Crippen LogP contribution >= 0.6 is 11.3 Å². The van der Waals surface area contributed by atoms with Gasteiger partial charge < -0.3 is 15.0 Å². The lowest BCUT2D eigenvalue weighted by molar-refractivity contribution is 0.183. The predicted molar refractivity (Wildman–Crippen MR) is 92.5 cm³/mol. The van der Waals surface area contributed by atoms with Crippen LogP contribution in [0.15, 0.2) is 0 Å². The molecule has 5 heteroatoms. The van der Waals surface area contributed by atoms with Crippen molar-refractivity contribution in [1.29, 1.82) is 0 Å². The highest BCUT2D eigenvalue weighted by molar-refractivity contribution is 7.15. The molecule has 0 bridgehead atoms. The molecule has 0 fully saturated rings. The first-order valence-corrected chi connectivity index (χ1v) is 8.43. The normalized spacial score (nSPS) is 13.8. The van der Waals surface area contributed by atoms with E-state index in [9.17, 15) is 0 Å². The van der Waals surface area contributed by atoms with Gasteiger partial charge in [0.1, 0.15) is 0 Å². The molecule has 21 heavy (non-hydrogen) atoms. The molecule has 0 radical (unpaired) electrons. The van der Waals surface area contributed by atoms with Crippen LogP contribution in [0.4, 0.5) is 5.13 Å². The van der Waals surface area contributed by atoms with Crippen molar-refractivity contribution in [2.75, 3.05) is 25.7 Å². The van der Waals surface area contributed by atoms with Crippen LogP contribution in [0.3, 0.4) is 0 Å². The molecule has 0 saturated heterocycles. The maximum atomic E-state index is 5.25. The predicted octanol–water partition coefficient (Wildman–Crippen LogP) is 3.63. The zero-order chi connectivity index (χ0) is 16.2. The fourth-order valence-corrected chi connectivity index (χ4v) is 3.18. The fraction of sp³-hybridized carbons (Fsp3) is 0.812. The zero-order valence-electron chi connectivity index (χ0n) is 14.8. The van der Waals surface area contributed by atoms with E-state index in [0.29, 0.717) is 18.6 Å². The lowest BCUT2D eigenvalue weighted by Crippen LogP contribution is -2.35. The van der Waals surface area contributed by atoms with Gasteiger partial charge in [0.2, 0.25) is 0 Å². The molecule has 0 spiro atoms. The van der Waals surface area contributed by atoms with E-state index < -0.39 is 0 Å². The van der Waals surface area contributed by atoms with Gasteiger partial charge in [-0.2, -0.15) is 0 Å². The summed E-state index contributed by atoms with van der Waals surface area (Å²) in [5.74, 6) is 0.442. The molecule has 1 N–H and O–H groups in total. The summed E-state index contributed by atoms with van der Waals surface area (Å²) in [5.41, 5.74) is 1.33. The fourth-order valence-electron chi connectivity index (χ4n) is 1.97. The molecule has 0 saturated carbocycles. The summed E-state index contributed by atoms with van der Waals surface area (Å²) in [6.07, 6.45) is 0. The smallest absolute Gasteiger partial charge is 0.185 e. The van der Waals surface area contributed by atoms with Crippen LogP contribution in [0.1, 0.15) is 58.0 Å². The van der Waals surface area contributed by atoms with Crippen molar-refractivity contribution in [3.63, 3.8) is 0 Å². The molecule has 1 heterocycles. The number of likely N-dealkylation sites (N-methyl/N-ethyl adjacent to an activating group) is 1. The molecule has 1 aromatic heterocycles. The van der Waals surface area contributed by atoms with E-state index in [1.807, 2.05) is 0 Å². The van der Waals surface area contributed by atoms with E-state index in [-0.39, 0.29) is 5.54 Å². The molecular formula is C16H31N3OS. The van der Waals surface area contributed by atoms with Crippen LogP contribution < -0.4 is 10.2 Å². The van der Waals surface area contributed by atoms with Crippen LogP contribution in [0.25, 0.3) is 0 Å². The van der Waals surface area contributed by atoms with Gasteiger partial charge in [0.15, 0.2) is 5.13 Å². The quantitative estimate of drug-likeness (QED) is 0.834. The topological polar surface area (TPSA) is 37.4 Å². The lowest BCUT2D eigenvalue weighted by atomic mass is 10.1. The maximum absolute atomic E-state index is 5.25. The number of methoxy groups -OCH3 is 1. The highest BCUT2D eigenvalue weighted by Crippen LogP contribution is 2.31. The number of nitrogens with one attached hydrogen (secondary N) is 1. The molecule has 122 valence electrons. The van der Waals surface area contributed by atoms with Crippen LogP contribution in [0.5, 0.6) is 0 Å². The Hall–Kier alpha value is -0.650. The largest absolute Gasteiger partial charge is 0.383 e. The maximum Gasteiger partial charge on any atom is 0.185 e. The van der Waals surface area contributed by atoms with Crippen molar-refractivity contribution in [2.24, 2.45) is 0 Å². The highest BCUT2D eigenvalue weighted by atomic mass is 32.1. The average Bonchev–Trinajstić information content (AvgIpc) is 2.79. The summed E-state index contributed by atoms with van der Waals surface area (Å²) >= 11 is 1.79. The molecule has 0 aliphatic rings. The van der Waals surface area contributed by atoms with E-state index in [1.165, 1.54) is 10.6 Å². The van der Waals surface area contributed by atoms with Crippen molar-refractivity contribution in [3.8, 4) is 0 Å². The van der Waals surface area contributed by atoms with Crippen molar-refractivity contribution in [1.82, 2.24) is 10.3 Å². The Morgan fingerprint density at radius 2 is 1.90 bits per heavy atom. The Morgan fingerprint density at radius 3 is 2.38 bits per heavy atom. The summed E-state index contributed by atoms with van der Waals surface area (Å²) in [4.78, 5) is 8.41. The number of nitrogens with zero attached hydrogens (tertiary/aromatic N) is 2. The van der Waals surface area contributed by atoms with Gasteiger partial charge in [-0.05, 0) is 33.6 Å². The average molecular weight is 314 g/mol. The monoisotopic (exact) mass is 313 g/mol. The van der Waals surface area contributed by atoms with Gasteiger partial charge in [0, 0.05) is 31.1 Å². The Morgan fingerprint density at radius 1 is 1.29 bits per heavy atom. The Labute approximate surface area is 133 Å². The first-order chi connectivity index (χ1) is 9.65. The van der Waals surface area contributed by atoms with Gasteiger partial charge in [0.25, 0.3) is 0 Å². The second-order valence-electron chi connectivity index (χ2n) is 6.98. The van der Waals surface area contributed by atoms with Gasteiger partial charge in [-0.3, -0.25) is 0 Å². The standard InChI is InChI=1S/C16H31N3OS/c1-11(2)14-13(9-17-16(4,5)6)21-15(18-14)19(7)12(3)10-20-8/h11-12,17H,9-10H2,1-8H3. The molecule has 1 unspecified atom stereocenters. The Kier molecular flexibility index (Phi) is 6.63. The van der Waals surface area contributed by atoms with E-state index in [2.05, 4.69) is 58.8 Å². The summed E-state index contributed by atoms with van der Waals surface area (Å²) in [6, 6.07) is 0.324. The van der Waals surface area contributed by atoms with Crippen molar-refractivity contribution in [2.45, 2.75) is 65.6 Å². The molecule has 0 amide bonds. The number of aromatic nitrogens is 1. The van der Waals surface area contributed by atoms with E-state index in [0.717, 1.165) is 11.7 Å². The summed E-state index contributed by atoms with van der Waals surface area (Å²) in [7, 11) is 3.83. The van der Waals surface area contributed by atoms with Crippen LogP contribution in [-0.4, -0.2) is 37.3 Å². The molecule has 1 aromatic rings. The summed E-state index contributed by atoms with van der Waals surface area (Å²) < 4.78 is 5.25. The van der Waals surface area contributed by atoms with Gasteiger partial charge >= 0.3 is 0 Å². The van der Waals surface area contributed by atoms with Crippen LogP contribution in [0, 0.1) is 0 Å². The number of ether oxygens (including phenoxy) is 1. The van der Waals surface area contributed by atoms with Gasteiger partial charge in [-0.15, -0.1) is 11.3 Å². The van der Waals surface area contributed by atoms with Crippen molar-refractivity contribution >= 4 is 16.5 Å². The number of anilines is 1. The minimum atomic E-state index is 0.119. The number of hydrogen-bond donors (Lipinski definition) is 1. The van der Waals surface area contributed by atoms with Crippen molar-refractivity contribution < 1.29 is 4.74 Å². The molecule has 4 nitrogen and oxygen atoms in total. The minimum Gasteiger partial charge on any atom is -0.383 e. The summed E-state index contributed by atoms with van der Waals surface area (Å²) in [6.45, 7) is 14.7. The number of thiazole rings is 1. The van der Waals surface area contributed by atoms with Gasteiger partial charge in [-0.1, -0.05) is 13.8 Å². The minimum absolute atomic E-state index is 0.119. The highest BCUT2D eigenvalue weighted by Gasteiger charge is 2.20. The van der Waals surface area contributed by atoms with Gasteiger partial charge in [0.05, 0.1) is 18.3 Å². The molecule has 0 aromatic carbocycles. The first-order valence-electron chi connectivity index (χ1n) is 7.62. The molecular weight excluding hydrogens is 282 g/mol. The lowest BCUT2D eigenvalue weighted by Gasteiger charge is -2.23. The van der Waals surface area contributed by atoms with E-state index in [1.54, 1.807) is 18.4 Å². The second-order valence-corrected chi connectivity index (χ2v) is 8.04. The Bertz CT molecular complexity index is 437. The third-order valence-electron chi connectivity index (χ3n) is 3.41. The molecule has 1 rings (SSSR count). The van der Waals surface area contributed by atoms with Crippen LogP contribution in [-0.2, 0) is 11.3 Å². The van der Waals surface area contributed by atoms with E-state index in [4.69, 9.17) is 9.72 Å².